The number of ether oxygens (including phenoxy) is 2. The first kappa shape index (κ1) is 28.5. The fraction of sp³-hybridized carbons (Fsp3) is 0.619. The number of carboxylic acid groups (broad SMARTS) is 2. The fourth-order valence-corrected chi connectivity index (χ4v) is 4.86. The summed E-state index contributed by atoms with van der Waals surface area (Å²) in [5.74, 6) is -4.23. The molecule has 0 bridgehead atoms. The minimum absolute atomic E-state index is 0.154. The summed E-state index contributed by atoms with van der Waals surface area (Å²) in [5.41, 5.74) is 0.990. The topological polar surface area (TPSA) is 163 Å². The van der Waals surface area contributed by atoms with E-state index in [0.717, 1.165) is 10.4 Å². The number of amides is 1. The molecule has 0 fully saturated rings. The Morgan fingerprint density at radius 3 is 2.24 bits per heavy atom. The molecule has 0 atom stereocenters. The van der Waals surface area contributed by atoms with Crippen LogP contribution in [0.5, 0.6) is 0 Å². The molecular formula is C21H33N3O8S. The van der Waals surface area contributed by atoms with Crippen LogP contribution in [-0.2, 0) is 35.8 Å². The van der Waals surface area contributed by atoms with Crippen LogP contribution < -0.4 is 16.0 Å². The maximum absolute atomic E-state index is 12.7. The molecule has 11 nitrogen and oxygen atoms in total. The van der Waals surface area contributed by atoms with Crippen molar-refractivity contribution in [3.05, 3.63) is 16.0 Å². The molecule has 0 saturated carbocycles. The van der Waals surface area contributed by atoms with E-state index in [1.165, 1.54) is 11.3 Å². The molecule has 0 aliphatic carbocycles. The van der Waals surface area contributed by atoms with E-state index >= 15 is 0 Å². The zero-order chi connectivity index (χ0) is 25.4. The molecule has 1 aliphatic heterocycles. The lowest BCUT2D eigenvalue weighted by molar-refractivity contribution is -0.159. The fourth-order valence-electron chi connectivity index (χ4n) is 3.58. The van der Waals surface area contributed by atoms with E-state index in [-0.39, 0.29) is 29.5 Å². The van der Waals surface area contributed by atoms with E-state index in [0.29, 0.717) is 36.7 Å². The third-order valence-electron chi connectivity index (χ3n) is 4.53. The van der Waals surface area contributed by atoms with Crippen molar-refractivity contribution in [2.75, 3.05) is 38.7 Å². The zero-order valence-electron chi connectivity index (χ0n) is 19.8. The zero-order valence-corrected chi connectivity index (χ0v) is 20.6. The van der Waals surface area contributed by atoms with Crippen molar-refractivity contribution in [2.45, 2.75) is 52.1 Å². The van der Waals surface area contributed by atoms with Crippen molar-refractivity contribution >= 4 is 40.2 Å². The minimum atomic E-state index is -1.82. The molecule has 1 aromatic rings. The Morgan fingerprint density at radius 2 is 1.73 bits per heavy atom. The molecule has 186 valence electrons. The van der Waals surface area contributed by atoms with Crippen molar-refractivity contribution in [1.29, 1.82) is 0 Å². The van der Waals surface area contributed by atoms with Gasteiger partial charge >= 0.3 is 17.9 Å². The Kier molecular flexibility index (Phi) is 10.4. The van der Waals surface area contributed by atoms with Gasteiger partial charge < -0.3 is 35.6 Å². The van der Waals surface area contributed by atoms with Gasteiger partial charge in [0.15, 0.2) is 0 Å². The van der Waals surface area contributed by atoms with Crippen LogP contribution >= 0.6 is 11.3 Å². The Hall–Kier alpha value is -2.54. The first-order valence-corrected chi connectivity index (χ1v) is 11.2. The van der Waals surface area contributed by atoms with Crippen LogP contribution in [0, 0.1) is 0 Å². The second kappa shape index (κ2) is 12.1. The van der Waals surface area contributed by atoms with Gasteiger partial charge in [0.05, 0.1) is 25.3 Å². The van der Waals surface area contributed by atoms with Crippen molar-refractivity contribution in [2.24, 2.45) is 0 Å². The summed E-state index contributed by atoms with van der Waals surface area (Å²) in [4.78, 5) is 44.3. The van der Waals surface area contributed by atoms with E-state index in [9.17, 15) is 9.59 Å². The molecule has 0 unspecified atom stereocenters. The highest BCUT2D eigenvalue weighted by molar-refractivity contribution is 7.17. The van der Waals surface area contributed by atoms with Gasteiger partial charge in [-0.3, -0.25) is 4.79 Å². The molecule has 2 heterocycles. The highest BCUT2D eigenvalue weighted by Crippen LogP contribution is 2.45. The van der Waals surface area contributed by atoms with Crippen LogP contribution in [0.2, 0.25) is 0 Å². The lowest BCUT2D eigenvalue weighted by Gasteiger charge is -2.42. The van der Waals surface area contributed by atoms with E-state index < -0.39 is 11.9 Å². The monoisotopic (exact) mass is 487 g/mol. The molecule has 0 saturated heterocycles. The standard InChI is InChI=1S/C19H31N3O4S.C2H2O4/c1-7-26-17(24)14-12-10-18(2,3)22-19(4,5)15(12)27-16(14)21-13(23)11-20-8-9-25-6;3-1(4)2(5)6/h20,22H,7-11H2,1-6H3,(H,21,23);(H,3,4)(H,5,6). The van der Waals surface area contributed by atoms with Gasteiger partial charge in [-0.25, -0.2) is 14.4 Å². The predicted octanol–water partition coefficient (Wildman–Crippen LogP) is 1.41. The Morgan fingerprint density at radius 1 is 1.12 bits per heavy atom. The number of hydrogen-bond donors (Lipinski definition) is 5. The summed E-state index contributed by atoms with van der Waals surface area (Å²) in [6.07, 6.45) is 0.693. The quantitative estimate of drug-likeness (QED) is 0.206. The van der Waals surface area contributed by atoms with Gasteiger partial charge in [0, 0.05) is 29.6 Å². The number of hydrogen-bond acceptors (Lipinski definition) is 9. The molecular weight excluding hydrogens is 454 g/mol. The smallest absolute Gasteiger partial charge is 0.414 e. The largest absolute Gasteiger partial charge is 0.473 e. The molecule has 1 aromatic heterocycles. The van der Waals surface area contributed by atoms with Crippen LogP contribution in [0.3, 0.4) is 0 Å². The number of thiophene rings is 1. The molecule has 2 rings (SSSR count). The van der Waals surface area contributed by atoms with Crippen molar-refractivity contribution in [3.63, 3.8) is 0 Å². The predicted molar refractivity (Wildman–Crippen MR) is 123 cm³/mol. The van der Waals surface area contributed by atoms with Crippen LogP contribution in [0.25, 0.3) is 0 Å². The van der Waals surface area contributed by atoms with Gasteiger partial charge in [-0.2, -0.15) is 0 Å². The van der Waals surface area contributed by atoms with E-state index in [2.05, 4.69) is 43.6 Å². The van der Waals surface area contributed by atoms with Gasteiger partial charge in [0.1, 0.15) is 5.00 Å². The molecule has 0 radical (unpaired) electrons. The number of aliphatic carboxylic acids is 2. The highest BCUT2D eigenvalue weighted by Gasteiger charge is 2.42. The summed E-state index contributed by atoms with van der Waals surface area (Å²) in [7, 11) is 1.61. The summed E-state index contributed by atoms with van der Waals surface area (Å²) < 4.78 is 10.2. The SMILES string of the molecule is CCOC(=O)c1c(NC(=O)CNCCOC)sc2c1CC(C)(C)NC2(C)C.O=C(O)C(=O)O. The van der Waals surface area contributed by atoms with Crippen LogP contribution in [0.15, 0.2) is 0 Å². The number of methoxy groups -OCH3 is 1. The van der Waals surface area contributed by atoms with E-state index in [1.807, 2.05) is 0 Å². The van der Waals surface area contributed by atoms with Crippen molar-refractivity contribution in [3.8, 4) is 0 Å². The van der Waals surface area contributed by atoms with Gasteiger partial charge in [-0.1, -0.05) is 0 Å². The van der Waals surface area contributed by atoms with Gasteiger partial charge in [-0.15, -0.1) is 11.3 Å². The number of rotatable bonds is 8. The number of esters is 1. The van der Waals surface area contributed by atoms with Crippen LogP contribution in [0.1, 0.15) is 55.4 Å². The maximum atomic E-state index is 12.7. The minimum Gasteiger partial charge on any atom is -0.473 e. The third-order valence-corrected chi connectivity index (χ3v) is 6.00. The number of fused-ring (bicyclic) bond motifs is 1. The van der Waals surface area contributed by atoms with Crippen LogP contribution in [-0.4, -0.2) is 73.0 Å². The molecule has 0 aromatic carbocycles. The number of carbonyl (C=O) groups is 4. The van der Waals surface area contributed by atoms with E-state index in [4.69, 9.17) is 29.3 Å². The summed E-state index contributed by atoms with van der Waals surface area (Å²) >= 11 is 1.45. The summed E-state index contributed by atoms with van der Waals surface area (Å²) in [6, 6.07) is 0. The summed E-state index contributed by atoms with van der Waals surface area (Å²) in [6.45, 7) is 11.8. The lowest BCUT2D eigenvalue weighted by Crippen LogP contribution is -2.55. The Bertz CT molecular complexity index is 867. The third kappa shape index (κ3) is 8.39. The highest BCUT2D eigenvalue weighted by atomic mass is 32.1. The van der Waals surface area contributed by atoms with Gasteiger partial charge in [0.2, 0.25) is 5.91 Å². The summed E-state index contributed by atoms with van der Waals surface area (Å²) in [5, 5.41) is 24.9. The van der Waals surface area contributed by atoms with Crippen molar-refractivity contribution in [1.82, 2.24) is 10.6 Å². The lowest BCUT2D eigenvalue weighted by atomic mass is 9.81. The Labute approximate surface area is 196 Å². The first-order chi connectivity index (χ1) is 15.3. The maximum Gasteiger partial charge on any atom is 0.414 e. The molecule has 1 aliphatic rings. The average molecular weight is 488 g/mol. The van der Waals surface area contributed by atoms with Crippen molar-refractivity contribution < 1.29 is 38.9 Å². The normalized spacial score (nSPS) is 15.5. The van der Waals surface area contributed by atoms with Gasteiger partial charge in [0.25, 0.3) is 0 Å². The Balaban J connectivity index is 0.000000801. The van der Waals surface area contributed by atoms with Crippen LogP contribution in [0.4, 0.5) is 5.00 Å². The van der Waals surface area contributed by atoms with Gasteiger partial charge in [-0.05, 0) is 46.6 Å². The first-order valence-electron chi connectivity index (χ1n) is 10.3. The number of nitrogens with one attached hydrogen (secondary N) is 3. The molecule has 33 heavy (non-hydrogen) atoms. The molecule has 0 spiro atoms. The molecule has 12 heteroatoms. The molecule has 5 N–H and O–H groups in total. The number of carbonyl (C=O) groups excluding carboxylic acids is 2. The number of carboxylic acids is 2. The average Bonchev–Trinajstić information content (AvgIpc) is 3.02. The van der Waals surface area contributed by atoms with E-state index in [1.54, 1.807) is 14.0 Å². The molecule has 1 amide bonds. The second-order valence-electron chi connectivity index (χ2n) is 8.47. The number of anilines is 1. The second-order valence-corrected chi connectivity index (χ2v) is 9.49.